The second kappa shape index (κ2) is 32.8. The van der Waals surface area contributed by atoms with Crippen molar-refractivity contribution in [2.45, 2.75) is 165 Å². The number of H-pyrrole nitrogens is 2. The number of hydrogen-bond donors (Lipinski definition) is 14. The summed E-state index contributed by atoms with van der Waals surface area (Å²) in [5.74, 6) is -13.1. The van der Waals surface area contributed by atoms with Crippen LogP contribution in [0.1, 0.15) is 106 Å². The Morgan fingerprint density at radius 2 is 1.41 bits per heavy atom. The number of aromatic amines is 2. The van der Waals surface area contributed by atoms with E-state index in [0.29, 0.717) is 39.9 Å². The number of nitrogens with two attached hydrogens (primary N) is 1. The van der Waals surface area contributed by atoms with Crippen LogP contribution >= 0.6 is 0 Å². The van der Waals surface area contributed by atoms with Crippen LogP contribution < -0.4 is 53.6 Å². The van der Waals surface area contributed by atoms with Crippen LogP contribution in [-0.2, 0) is 96.2 Å². The molecule has 0 radical (unpaired) electrons. The highest BCUT2D eigenvalue weighted by molar-refractivity contribution is 6.01. The van der Waals surface area contributed by atoms with Gasteiger partial charge in [-0.25, -0.2) is 13.8 Å². The van der Waals surface area contributed by atoms with Crippen molar-refractivity contribution >= 4 is 87.4 Å². The number of aryl methyl sites for hydroxylation is 2. The zero-order valence-corrected chi connectivity index (χ0v) is 55.0. The fourth-order valence-electron chi connectivity index (χ4n) is 12.4. The Labute approximate surface area is 570 Å². The average molecular weight is 1380 g/mol. The molecule has 9 rings (SSSR count). The molecule has 15 N–H and O–H groups in total. The first-order valence-electron chi connectivity index (χ1n) is 32.6. The van der Waals surface area contributed by atoms with E-state index in [2.05, 4.69) is 73.1 Å². The van der Waals surface area contributed by atoms with E-state index in [1.165, 1.54) is 97.6 Å². The van der Waals surface area contributed by atoms with E-state index >= 15 is 9.59 Å². The van der Waals surface area contributed by atoms with Gasteiger partial charge in [0.1, 0.15) is 71.3 Å². The van der Waals surface area contributed by atoms with E-state index in [9.17, 15) is 66.9 Å². The zero-order chi connectivity index (χ0) is 71.9. The van der Waals surface area contributed by atoms with Crippen molar-refractivity contribution in [3.05, 3.63) is 137 Å². The van der Waals surface area contributed by atoms with Crippen molar-refractivity contribution in [1.29, 1.82) is 0 Å². The largest absolute Gasteiger partial charge is 0.508 e. The van der Waals surface area contributed by atoms with E-state index < -0.39 is 162 Å². The van der Waals surface area contributed by atoms with Crippen LogP contribution in [0.5, 0.6) is 5.75 Å². The van der Waals surface area contributed by atoms with E-state index in [1.807, 2.05) is 0 Å². The number of benzene rings is 3. The molecule has 0 saturated carbocycles. The monoisotopic (exact) mass is 1380 g/mol. The number of aliphatic carboxylic acids is 1. The summed E-state index contributed by atoms with van der Waals surface area (Å²) in [6.45, 7) is 3.41. The lowest BCUT2D eigenvalue weighted by Gasteiger charge is -2.37. The van der Waals surface area contributed by atoms with Gasteiger partial charge < -0.3 is 78.7 Å². The zero-order valence-electron chi connectivity index (χ0n) is 55.0. The number of primary amides is 1. The Balaban J connectivity index is 1.05. The molecule has 3 aromatic carbocycles. The van der Waals surface area contributed by atoms with Crippen molar-refractivity contribution in [2.24, 2.45) is 5.73 Å². The van der Waals surface area contributed by atoms with Gasteiger partial charge >= 0.3 is 5.97 Å². The molecule has 5 heterocycles. The summed E-state index contributed by atoms with van der Waals surface area (Å²) in [6, 6.07) is 1.01. The summed E-state index contributed by atoms with van der Waals surface area (Å²) in [5.41, 5.74) is 7.47. The average Bonchev–Trinajstić information content (AvgIpc) is 1.60. The van der Waals surface area contributed by atoms with Gasteiger partial charge in [-0.3, -0.25) is 62.2 Å². The molecule has 31 nitrogen and oxygen atoms in total. The normalized spacial score (nSPS) is 23.9. The number of aromatic nitrogens is 6. The third-order valence-electron chi connectivity index (χ3n) is 17.8. The van der Waals surface area contributed by atoms with Gasteiger partial charge in [-0.2, -0.15) is 0 Å². The Morgan fingerprint density at radius 1 is 0.730 bits per heavy atom. The fraction of sp³-hybridized carbons (Fsp3) is 0.418. The molecular weight excluding hydrogens is 1300 g/mol. The molecule has 9 atom stereocenters. The number of halogens is 2. The highest BCUT2D eigenvalue weighted by Gasteiger charge is 2.49. The van der Waals surface area contributed by atoms with Crippen molar-refractivity contribution in [1.82, 2.24) is 82.7 Å². The Kier molecular flexibility index (Phi) is 23.9. The quantitative estimate of drug-likeness (QED) is 0.0749. The summed E-state index contributed by atoms with van der Waals surface area (Å²) >= 11 is 0. The number of fused-ring (bicyclic) bond motifs is 5. The molecule has 1 aliphatic carbocycles. The minimum atomic E-state index is -2.06. The van der Waals surface area contributed by atoms with Gasteiger partial charge in [0.15, 0.2) is 0 Å². The van der Waals surface area contributed by atoms with Crippen LogP contribution in [0.4, 0.5) is 8.78 Å². The van der Waals surface area contributed by atoms with Gasteiger partial charge in [0.05, 0.1) is 25.0 Å². The molecule has 2 aliphatic heterocycles. The lowest BCUT2D eigenvalue weighted by molar-refractivity contribution is -0.147. The minimum absolute atomic E-state index is 0.00793. The van der Waals surface area contributed by atoms with Gasteiger partial charge in [-0.15, -0.1) is 5.10 Å². The number of allylic oxidation sites excluding steroid dienone is 1. The van der Waals surface area contributed by atoms with Crippen LogP contribution in [-0.4, -0.2) is 183 Å². The predicted octanol–water partition coefficient (Wildman–Crippen LogP) is -0.284. The van der Waals surface area contributed by atoms with Crippen molar-refractivity contribution in [3.63, 3.8) is 0 Å². The maximum atomic E-state index is 15.2. The Morgan fingerprint density at radius 3 is 2.11 bits per heavy atom. The molecule has 3 aromatic heterocycles. The highest BCUT2D eigenvalue weighted by atomic mass is 19.1. The van der Waals surface area contributed by atoms with E-state index in [4.69, 9.17) is 5.73 Å². The molecule has 11 amide bonds. The number of carboxylic acids is 1. The summed E-state index contributed by atoms with van der Waals surface area (Å²) in [5, 5.41) is 52.2. The smallest absolute Gasteiger partial charge is 0.305 e. The number of imidazole rings is 1. The Hall–Kier alpha value is -11.4. The van der Waals surface area contributed by atoms with E-state index in [1.54, 1.807) is 18.3 Å². The number of carbonyl (C=O) groups is 12. The molecule has 6 aromatic rings. The number of nitrogens with zero attached hydrogens (tertiary/aromatic N) is 5. The van der Waals surface area contributed by atoms with E-state index in [0.717, 1.165) is 6.07 Å². The van der Waals surface area contributed by atoms with Gasteiger partial charge in [0, 0.05) is 80.9 Å². The second-order valence-corrected chi connectivity index (χ2v) is 25.3. The summed E-state index contributed by atoms with van der Waals surface area (Å²) in [7, 11) is 0. The number of carbonyl (C=O) groups excluding carboxylic acids is 11. The molecule has 100 heavy (non-hydrogen) atoms. The summed E-state index contributed by atoms with van der Waals surface area (Å²) in [4.78, 5) is 180. The van der Waals surface area contributed by atoms with Crippen LogP contribution in [0.2, 0.25) is 0 Å². The van der Waals surface area contributed by atoms with Gasteiger partial charge in [0.2, 0.25) is 65.0 Å². The topological polar surface area (TPSA) is 458 Å². The molecule has 1 saturated heterocycles. The maximum absolute atomic E-state index is 15.2. The highest BCUT2D eigenvalue weighted by Crippen LogP contribution is 2.33. The number of nitrogens with one attached hydrogen (secondary N) is 11. The lowest BCUT2D eigenvalue weighted by atomic mass is 9.95. The predicted molar refractivity (Wildman–Crippen MR) is 352 cm³/mol. The second-order valence-electron chi connectivity index (χ2n) is 25.3. The van der Waals surface area contributed by atoms with Crippen molar-refractivity contribution < 1.29 is 76.5 Å². The van der Waals surface area contributed by atoms with E-state index in [-0.39, 0.29) is 93.3 Å². The lowest BCUT2D eigenvalue weighted by Crippen LogP contribution is -2.63. The van der Waals surface area contributed by atoms with Crippen LogP contribution in [0, 0.1) is 11.6 Å². The standard InChI is InChI=1S/C67H79F2N17O14/c1-35-59(93)73-32-56(89)77-51(24-39-13-12-38-14-15-41(68)26-46(38)39)61(95)78-52(25-40-30-72-48-19-16-42(69)27-47(40)48)62(96)80-54(29-57(90)91)64(98)79-53(28-44-31-71-34-74-44)63(97)81-55(23-37-10-17-45(88)18-11-37)65(99)86-22-6-20-67(86,3)66(100)82-49(58(70)92)9-5-21-85-33-43(83-84-85)7-4-8-50(60(94)75-35)76-36(2)87/h10-11,13-19,26-27,30-31,33-35,49-55,72,88H,4-9,12,20-25,28-29,32H2,1-3H3,(H2,70,92)(H,71,74)(H,73,93)(H,75,94)(H,76,87)(H,77,89)(H,78,95)(H,79,98)(H,80,96)(H,81,97)(H,82,100)(H,90,91)/t35-,49-,50-,51-,52-,53-,54-,55-,67-/m0/s1. The van der Waals surface area contributed by atoms with Crippen molar-refractivity contribution in [3.8, 4) is 5.75 Å². The molecule has 0 spiro atoms. The van der Waals surface area contributed by atoms with Gasteiger partial charge in [-0.05, 0) is 136 Å². The third-order valence-corrected chi connectivity index (χ3v) is 17.8. The van der Waals surface area contributed by atoms with Crippen LogP contribution in [0.25, 0.3) is 16.5 Å². The molecule has 530 valence electrons. The number of phenols is 1. The molecule has 3 aliphatic rings. The van der Waals surface area contributed by atoms with Crippen molar-refractivity contribution in [2.75, 3.05) is 13.1 Å². The fourth-order valence-corrected chi connectivity index (χ4v) is 12.4. The van der Waals surface area contributed by atoms with Gasteiger partial charge in [-0.1, -0.05) is 29.5 Å². The molecule has 1 fully saturated rings. The number of phenolic OH excluding ortho intramolecular Hbond substituents is 1. The van der Waals surface area contributed by atoms with Crippen LogP contribution in [0.3, 0.4) is 0 Å². The first-order valence-corrected chi connectivity index (χ1v) is 32.6. The molecule has 2 bridgehead atoms. The molecule has 33 heteroatoms. The van der Waals surface area contributed by atoms with Crippen LogP contribution in [0.15, 0.2) is 91.7 Å². The first-order chi connectivity index (χ1) is 47.7. The molecular formula is C67H79F2N17O14. The number of aromatic hydroxyl groups is 1. The number of hydrogen-bond acceptors (Lipinski definition) is 16. The summed E-state index contributed by atoms with van der Waals surface area (Å²) in [6.07, 6.45) is 6.29. The number of carboxylic acid groups (broad SMARTS) is 1. The van der Waals surface area contributed by atoms with Gasteiger partial charge in [0.25, 0.3) is 0 Å². The maximum Gasteiger partial charge on any atom is 0.305 e. The first kappa shape index (κ1) is 72.8. The minimum Gasteiger partial charge on any atom is -0.508 e. The SMILES string of the molecule is CC(=O)N[C@H]1CCCc2cn(nn2)CCC[C@@H](C(N)=O)NC(=O)[C@]2(C)CCCN2C(=O)[C@H](Cc2ccc(O)cc2)NC(=O)[C@H](Cc2cnc[nH]2)NC(=O)[C@H](CC(=O)O)NC(=O)[C@H](Cc2c[nH]c3ccc(F)cc23)NC(=O)[C@H](CC2=CCc3ccc(F)cc32)NC(=O)CNC(=O)[C@H](C)NC1=O. The summed E-state index contributed by atoms with van der Waals surface area (Å²) < 4.78 is 31.3. The molecule has 0 unspecified atom stereocenters. The number of rotatable bonds is 12. The third kappa shape index (κ3) is 19.0. The Bertz CT molecular complexity index is 4100. The number of amides is 11.